The molecule has 1 aromatic rings. The summed E-state index contributed by atoms with van der Waals surface area (Å²) in [6, 6.07) is 5.66. The molecule has 1 aliphatic carbocycles. The monoisotopic (exact) mass is 320 g/mol. The number of methoxy groups -OCH3 is 1. The molecule has 3 N–H and O–H groups in total. The normalized spacial score (nSPS) is 20.6. The lowest BCUT2D eigenvalue weighted by Crippen LogP contribution is -2.43. The van der Waals surface area contributed by atoms with E-state index in [2.05, 4.69) is 10.6 Å². The first-order valence-corrected chi connectivity index (χ1v) is 7.90. The van der Waals surface area contributed by atoms with Crippen LogP contribution in [0.5, 0.6) is 5.75 Å². The molecule has 1 aliphatic rings. The summed E-state index contributed by atoms with van der Waals surface area (Å²) in [7, 11) is 1.62. The summed E-state index contributed by atoms with van der Waals surface area (Å²) in [5.74, 6) is -0.200. The van der Waals surface area contributed by atoms with Crippen molar-refractivity contribution < 1.29 is 19.4 Å². The molecule has 126 valence electrons. The largest absolute Gasteiger partial charge is 0.496 e. The second kappa shape index (κ2) is 7.85. The summed E-state index contributed by atoms with van der Waals surface area (Å²) in [5.41, 5.74) is 2.02. The zero-order chi connectivity index (χ0) is 16.8. The van der Waals surface area contributed by atoms with Gasteiger partial charge >= 0.3 is 12.0 Å². The van der Waals surface area contributed by atoms with Crippen LogP contribution in [0.2, 0.25) is 0 Å². The number of hydrogen-bond acceptors (Lipinski definition) is 3. The molecule has 1 saturated carbocycles. The van der Waals surface area contributed by atoms with Gasteiger partial charge in [0, 0.05) is 12.6 Å². The molecule has 1 aromatic carbocycles. The van der Waals surface area contributed by atoms with Crippen molar-refractivity contribution in [3.63, 3.8) is 0 Å². The highest BCUT2D eigenvalue weighted by atomic mass is 16.5. The van der Waals surface area contributed by atoms with Crippen molar-refractivity contribution in [2.24, 2.45) is 5.92 Å². The lowest BCUT2D eigenvalue weighted by Gasteiger charge is -2.26. The third-order valence-electron chi connectivity index (χ3n) is 4.34. The molecular formula is C17H24N2O4. The molecule has 0 spiro atoms. The highest BCUT2D eigenvalue weighted by Crippen LogP contribution is 2.24. The van der Waals surface area contributed by atoms with Crippen molar-refractivity contribution in [3.05, 3.63) is 29.3 Å². The van der Waals surface area contributed by atoms with Crippen molar-refractivity contribution in [3.8, 4) is 5.75 Å². The van der Waals surface area contributed by atoms with E-state index in [-0.39, 0.29) is 18.0 Å². The third-order valence-corrected chi connectivity index (χ3v) is 4.34. The van der Waals surface area contributed by atoms with Crippen LogP contribution in [-0.2, 0) is 11.3 Å². The van der Waals surface area contributed by atoms with Gasteiger partial charge in [0.15, 0.2) is 0 Å². The Bertz CT molecular complexity index is 566. The van der Waals surface area contributed by atoms with Crippen molar-refractivity contribution >= 4 is 12.0 Å². The first kappa shape index (κ1) is 17.1. The van der Waals surface area contributed by atoms with E-state index in [1.165, 1.54) is 0 Å². The SMILES string of the molecule is COc1cc(CNC(=O)NC2CCC(C(=O)O)CC2)ccc1C. The Morgan fingerprint density at radius 2 is 1.96 bits per heavy atom. The number of carboxylic acids is 1. The molecule has 0 bridgehead atoms. The minimum absolute atomic E-state index is 0.0538. The molecule has 1 fully saturated rings. The maximum Gasteiger partial charge on any atom is 0.315 e. The van der Waals surface area contributed by atoms with Gasteiger partial charge in [-0.3, -0.25) is 4.79 Å². The fourth-order valence-corrected chi connectivity index (χ4v) is 2.88. The van der Waals surface area contributed by atoms with Crippen LogP contribution in [0.4, 0.5) is 4.79 Å². The second-order valence-corrected chi connectivity index (χ2v) is 6.02. The van der Waals surface area contributed by atoms with Crippen LogP contribution >= 0.6 is 0 Å². The van der Waals surface area contributed by atoms with Gasteiger partial charge in [0.05, 0.1) is 13.0 Å². The van der Waals surface area contributed by atoms with E-state index in [0.717, 1.165) is 16.9 Å². The molecule has 0 atom stereocenters. The molecule has 0 saturated heterocycles. The number of benzene rings is 1. The van der Waals surface area contributed by atoms with E-state index in [0.29, 0.717) is 32.2 Å². The fraction of sp³-hybridized carbons (Fsp3) is 0.529. The topological polar surface area (TPSA) is 87.7 Å². The van der Waals surface area contributed by atoms with E-state index in [9.17, 15) is 9.59 Å². The maximum atomic E-state index is 12.0. The van der Waals surface area contributed by atoms with Crippen LogP contribution in [0.1, 0.15) is 36.8 Å². The lowest BCUT2D eigenvalue weighted by atomic mass is 9.86. The van der Waals surface area contributed by atoms with Crippen LogP contribution in [0.3, 0.4) is 0 Å². The first-order chi connectivity index (χ1) is 11.0. The van der Waals surface area contributed by atoms with Crippen LogP contribution in [-0.4, -0.2) is 30.3 Å². The lowest BCUT2D eigenvalue weighted by molar-refractivity contribution is -0.142. The average Bonchev–Trinajstić information content (AvgIpc) is 2.54. The Labute approximate surface area is 136 Å². The first-order valence-electron chi connectivity index (χ1n) is 7.90. The number of aryl methyl sites for hydroxylation is 1. The molecule has 0 radical (unpaired) electrons. The van der Waals surface area contributed by atoms with E-state index in [1.54, 1.807) is 7.11 Å². The van der Waals surface area contributed by atoms with E-state index in [4.69, 9.17) is 9.84 Å². The molecule has 6 heteroatoms. The third kappa shape index (κ3) is 4.87. The molecule has 0 aromatic heterocycles. The number of aliphatic carboxylic acids is 1. The van der Waals surface area contributed by atoms with Gasteiger partial charge in [-0.1, -0.05) is 12.1 Å². The van der Waals surface area contributed by atoms with Crippen LogP contribution in [0, 0.1) is 12.8 Å². The molecule has 0 aliphatic heterocycles. The number of hydrogen-bond donors (Lipinski definition) is 3. The summed E-state index contributed by atoms with van der Waals surface area (Å²) >= 11 is 0. The van der Waals surface area contributed by atoms with Crippen LogP contribution < -0.4 is 15.4 Å². The number of nitrogens with one attached hydrogen (secondary N) is 2. The van der Waals surface area contributed by atoms with E-state index in [1.807, 2.05) is 25.1 Å². The molecular weight excluding hydrogens is 296 g/mol. The van der Waals surface area contributed by atoms with Gasteiger partial charge in [-0.15, -0.1) is 0 Å². The minimum Gasteiger partial charge on any atom is -0.496 e. The molecule has 2 rings (SSSR count). The Hall–Kier alpha value is -2.24. The summed E-state index contributed by atoms with van der Waals surface area (Å²) < 4.78 is 5.27. The molecule has 6 nitrogen and oxygen atoms in total. The summed E-state index contributed by atoms with van der Waals surface area (Å²) in [6.45, 7) is 2.39. The number of ether oxygens (including phenoxy) is 1. The van der Waals surface area contributed by atoms with Crippen molar-refractivity contribution in [2.75, 3.05) is 7.11 Å². The minimum atomic E-state index is -0.735. The highest BCUT2D eigenvalue weighted by Gasteiger charge is 2.26. The molecule has 2 amide bonds. The Balaban J connectivity index is 1.76. The second-order valence-electron chi connectivity index (χ2n) is 6.02. The zero-order valence-corrected chi connectivity index (χ0v) is 13.6. The van der Waals surface area contributed by atoms with E-state index < -0.39 is 5.97 Å². The summed E-state index contributed by atoms with van der Waals surface area (Å²) in [4.78, 5) is 22.9. The maximum absolute atomic E-state index is 12.0. The van der Waals surface area contributed by atoms with E-state index >= 15 is 0 Å². The number of carbonyl (C=O) groups is 2. The average molecular weight is 320 g/mol. The van der Waals surface area contributed by atoms with Gasteiger partial charge < -0.3 is 20.5 Å². The predicted molar refractivity (Wildman–Crippen MR) is 86.5 cm³/mol. The number of carboxylic acid groups (broad SMARTS) is 1. The number of amides is 2. The number of rotatable bonds is 5. The standard InChI is InChI=1S/C17H24N2O4/c1-11-3-4-12(9-15(11)23-2)10-18-17(22)19-14-7-5-13(6-8-14)16(20)21/h3-4,9,13-14H,5-8,10H2,1-2H3,(H,20,21)(H2,18,19,22). The van der Waals surface area contributed by atoms with Gasteiger partial charge in [0.2, 0.25) is 0 Å². The van der Waals surface area contributed by atoms with Gasteiger partial charge in [0.1, 0.15) is 5.75 Å². The van der Waals surface area contributed by atoms with Gasteiger partial charge in [-0.05, 0) is 49.8 Å². The Kier molecular flexibility index (Phi) is 5.84. The van der Waals surface area contributed by atoms with Crippen molar-refractivity contribution in [1.29, 1.82) is 0 Å². The smallest absolute Gasteiger partial charge is 0.315 e. The van der Waals surface area contributed by atoms with Crippen molar-refractivity contribution in [1.82, 2.24) is 10.6 Å². The zero-order valence-electron chi connectivity index (χ0n) is 13.6. The van der Waals surface area contributed by atoms with Gasteiger partial charge in [-0.25, -0.2) is 4.79 Å². The van der Waals surface area contributed by atoms with Gasteiger partial charge in [-0.2, -0.15) is 0 Å². The Morgan fingerprint density at radius 3 is 2.57 bits per heavy atom. The summed E-state index contributed by atoms with van der Waals surface area (Å²) in [6.07, 6.45) is 2.66. The van der Waals surface area contributed by atoms with Crippen molar-refractivity contribution in [2.45, 2.75) is 45.2 Å². The van der Waals surface area contributed by atoms with Crippen LogP contribution in [0.25, 0.3) is 0 Å². The predicted octanol–water partition coefficient (Wildman–Crippen LogP) is 2.45. The number of carbonyl (C=O) groups excluding carboxylic acids is 1. The quantitative estimate of drug-likeness (QED) is 0.777. The number of urea groups is 1. The summed E-state index contributed by atoms with van der Waals surface area (Å²) in [5, 5.41) is 14.7. The molecule has 0 heterocycles. The molecule has 23 heavy (non-hydrogen) atoms. The fourth-order valence-electron chi connectivity index (χ4n) is 2.88. The molecule has 0 unspecified atom stereocenters. The Morgan fingerprint density at radius 1 is 1.26 bits per heavy atom. The highest BCUT2D eigenvalue weighted by molar-refractivity contribution is 5.74. The van der Waals surface area contributed by atoms with Gasteiger partial charge in [0.25, 0.3) is 0 Å². The van der Waals surface area contributed by atoms with Crippen LogP contribution in [0.15, 0.2) is 18.2 Å².